The molecule has 1 aromatic rings. The molecule has 0 aromatic carbocycles. The van der Waals surface area contributed by atoms with Gasteiger partial charge < -0.3 is 9.90 Å². The lowest BCUT2D eigenvalue weighted by molar-refractivity contribution is -0.255. The van der Waals surface area contributed by atoms with E-state index in [1.807, 2.05) is 6.92 Å². The van der Waals surface area contributed by atoms with Crippen molar-refractivity contribution in [3.05, 3.63) is 29.1 Å². The average molecular weight is 150 g/mol. The van der Waals surface area contributed by atoms with Gasteiger partial charge >= 0.3 is 0 Å². The van der Waals surface area contributed by atoms with Crippen LogP contribution in [-0.4, -0.2) is 11.0 Å². The second-order valence-corrected chi connectivity index (χ2v) is 2.37. The van der Waals surface area contributed by atoms with Gasteiger partial charge in [-0.2, -0.15) is 0 Å². The number of aryl methyl sites for hydroxylation is 2. The zero-order chi connectivity index (χ0) is 8.43. The summed E-state index contributed by atoms with van der Waals surface area (Å²) in [4.78, 5) is 14.4. The Balaban J connectivity index is 3.20. The normalized spacial score (nSPS) is 9.64. The van der Waals surface area contributed by atoms with E-state index in [4.69, 9.17) is 0 Å². The van der Waals surface area contributed by atoms with Crippen LogP contribution in [0.15, 0.2) is 12.1 Å². The minimum absolute atomic E-state index is 0.163. The summed E-state index contributed by atoms with van der Waals surface area (Å²) in [5.41, 5.74) is 1.48. The van der Waals surface area contributed by atoms with Crippen molar-refractivity contribution in [1.29, 1.82) is 0 Å². The maximum Gasteiger partial charge on any atom is 0.0733 e. The highest BCUT2D eigenvalue weighted by Gasteiger charge is 1.98. The van der Waals surface area contributed by atoms with Crippen molar-refractivity contribution in [2.45, 2.75) is 13.8 Å². The van der Waals surface area contributed by atoms with E-state index in [2.05, 4.69) is 4.98 Å². The number of rotatable bonds is 1. The number of aromatic carboxylic acids is 1. The quantitative estimate of drug-likeness (QED) is 0.569. The Labute approximate surface area is 64.7 Å². The number of pyridine rings is 1. The monoisotopic (exact) mass is 150 g/mol. The van der Waals surface area contributed by atoms with Crippen LogP contribution in [0, 0.1) is 13.8 Å². The van der Waals surface area contributed by atoms with Gasteiger partial charge in [0.2, 0.25) is 0 Å². The molecule has 0 spiro atoms. The van der Waals surface area contributed by atoms with Crippen LogP contribution in [0.4, 0.5) is 0 Å². The van der Waals surface area contributed by atoms with Gasteiger partial charge in [-0.25, -0.2) is 0 Å². The number of nitrogens with zero attached hydrogens (tertiary/aromatic N) is 1. The summed E-state index contributed by atoms with van der Waals surface area (Å²) in [6, 6.07) is 3.16. The molecule has 11 heavy (non-hydrogen) atoms. The summed E-state index contributed by atoms with van der Waals surface area (Å²) >= 11 is 0. The highest BCUT2D eigenvalue weighted by atomic mass is 16.4. The van der Waals surface area contributed by atoms with Crippen LogP contribution in [0.5, 0.6) is 0 Å². The number of carboxylic acid groups (broad SMARTS) is 1. The lowest BCUT2D eigenvalue weighted by Crippen LogP contribution is -2.23. The molecule has 0 saturated carbocycles. The lowest BCUT2D eigenvalue weighted by Gasteiger charge is -2.05. The summed E-state index contributed by atoms with van der Waals surface area (Å²) in [5, 5.41) is 10.4. The van der Waals surface area contributed by atoms with Crippen molar-refractivity contribution < 1.29 is 9.90 Å². The highest BCUT2D eigenvalue weighted by Crippen LogP contribution is 2.04. The Morgan fingerprint density at radius 2 is 2.09 bits per heavy atom. The van der Waals surface area contributed by atoms with Crippen LogP contribution in [-0.2, 0) is 0 Å². The molecule has 0 unspecified atom stereocenters. The van der Waals surface area contributed by atoms with Crippen LogP contribution in [0.2, 0.25) is 0 Å². The topological polar surface area (TPSA) is 53.0 Å². The minimum atomic E-state index is -1.17. The number of carbonyl (C=O) groups is 1. The first-order valence-electron chi connectivity index (χ1n) is 3.27. The van der Waals surface area contributed by atoms with Crippen molar-refractivity contribution in [2.24, 2.45) is 0 Å². The van der Waals surface area contributed by atoms with Gasteiger partial charge in [0.25, 0.3) is 0 Å². The maximum absolute atomic E-state index is 10.4. The number of carboxylic acids is 1. The molecule has 58 valence electrons. The van der Waals surface area contributed by atoms with Gasteiger partial charge in [0.1, 0.15) is 0 Å². The molecule has 0 amide bonds. The van der Waals surface area contributed by atoms with E-state index in [1.54, 1.807) is 13.0 Å². The third-order valence-corrected chi connectivity index (χ3v) is 1.44. The number of aromatic nitrogens is 1. The van der Waals surface area contributed by atoms with E-state index in [-0.39, 0.29) is 5.56 Å². The first-order valence-corrected chi connectivity index (χ1v) is 3.27. The fourth-order valence-electron chi connectivity index (χ4n) is 0.902. The Bertz CT molecular complexity index is 294. The number of hydrogen-bond acceptors (Lipinski definition) is 3. The van der Waals surface area contributed by atoms with Gasteiger partial charge in [0, 0.05) is 17.0 Å². The summed E-state index contributed by atoms with van der Waals surface area (Å²) in [6.07, 6.45) is 0. The highest BCUT2D eigenvalue weighted by molar-refractivity contribution is 5.86. The van der Waals surface area contributed by atoms with E-state index in [1.165, 1.54) is 6.07 Å². The van der Waals surface area contributed by atoms with Crippen LogP contribution < -0.4 is 5.11 Å². The molecule has 0 aliphatic heterocycles. The van der Waals surface area contributed by atoms with E-state index in [0.29, 0.717) is 5.69 Å². The SMILES string of the molecule is Cc1ccc(C(=O)[O-])c(C)n1. The molecule has 3 nitrogen and oxygen atoms in total. The lowest BCUT2D eigenvalue weighted by atomic mass is 10.2. The Kier molecular flexibility index (Phi) is 1.89. The third-order valence-electron chi connectivity index (χ3n) is 1.44. The smallest absolute Gasteiger partial charge is 0.0733 e. The van der Waals surface area contributed by atoms with Gasteiger partial charge in [-0.15, -0.1) is 0 Å². The van der Waals surface area contributed by atoms with Gasteiger partial charge in [0.15, 0.2) is 0 Å². The minimum Gasteiger partial charge on any atom is -0.545 e. The predicted molar refractivity (Wildman–Crippen MR) is 38.0 cm³/mol. The van der Waals surface area contributed by atoms with Crippen LogP contribution in [0.25, 0.3) is 0 Å². The predicted octanol–water partition coefficient (Wildman–Crippen LogP) is 0.0619. The third kappa shape index (κ3) is 1.55. The van der Waals surface area contributed by atoms with Crippen molar-refractivity contribution in [1.82, 2.24) is 4.98 Å². The zero-order valence-corrected chi connectivity index (χ0v) is 6.42. The standard InChI is InChI=1S/C8H9NO2/c1-5-3-4-7(8(10)11)6(2)9-5/h3-4H,1-2H3,(H,10,11)/p-1. The molecule has 0 aliphatic rings. The van der Waals surface area contributed by atoms with E-state index >= 15 is 0 Å². The van der Waals surface area contributed by atoms with Crippen LogP contribution >= 0.6 is 0 Å². The fourth-order valence-corrected chi connectivity index (χ4v) is 0.902. The van der Waals surface area contributed by atoms with Crippen LogP contribution in [0.1, 0.15) is 21.7 Å². The molecule has 0 bridgehead atoms. The molecule has 0 fully saturated rings. The molecular weight excluding hydrogens is 142 g/mol. The van der Waals surface area contributed by atoms with Crippen molar-refractivity contribution >= 4 is 5.97 Å². The number of hydrogen-bond donors (Lipinski definition) is 0. The van der Waals surface area contributed by atoms with Gasteiger partial charge in [0.05, 0.1) is 5.97 Å². The van der Waals surface area contributed by atoms with E-state index in [0.717, 1.165) is 5.69 Å². The molecule has 1 heterocycles. The second kappa shape index (κ2) is 2.70. The average Bonchev–Trinajstić information content (AvgIpc) is 1.85. The first kappa shape index (κ1) is 7.72. The molecule has 0 radical (unpaired) electrons. The van der Waals surface area contributed by atoms with Gasteiger partial charge in [-0.1, -0.05) is 0 Å². The molecule has 0 N–H and O–H groups in total. The van der Waals surface area contributed by atoms with Crippen molar-refractivity contribution in [3.63, 3.8) is 0 Å². The molecule has 0 atom stereocenters. The first-order chi connectivity index (χ1) is 5.11. The zero-order valence-electron chi connectivity index (χ0n) is 6.42. The van der Waals surface area contributed by atoms with E-state index < -0.39 is 5.97 Å². The molecule has 1 rings (SSSR count). The maximum atomic E-state index is 10.4. The summed E-state index contributed by atoms with van der Waals surface area (Å²) in [6.45, 7) is 3.46. The largest absolute Gasteiger partial charge is 0.545 e. The Morgan fingerprint density at radius 3 is 2.55 bits per heavy atom. The van der Waals surface area contributed by atoms with Crippen molar-refractivity contribution in [2.75, 3.05) is 0 Å². The van der Waals surface area contributed by atoms with Crippen molar-refractivity contribution in [3.8, 4) is 0 Å². The van der Waals surface area contributed by atoms with E-state index in [9.17, 15) is 9.90 Å². The Morgan fingerprint density at radius 1 is 1.45 bits per heavy atom. The molecule has 1 aromatic heterocycles. The Hall–Kier alpha value is -1.38. The molecule has 0 saturated heterocycles. The van der Waals surface area contributed by atoms with Gasteiger partial charge in [-0.3, -0.25) is 4.98 Å². The molecule has 0 aliphatic carbocycles. The molecular formula is C8H8NO2-. The second-order valence-electron chi connectivity index (χ2n) is 2.37. The number of carbonyl (C=O) groups excluding carboxylic acids is 1. The van der Waals surface area contributed by atoms with Gasteiger partial charge in [-0.05, 0) is 26.0 Å². The summed E-state index contributed by atoms with van der Waals surface area (Å²) < 4.78 is 0. The van der Waals surface area contributed by atoms with Crippen LogP contribution in [0.3, 0.4) is 0 Å². The summed E-state index contributed by atoms with van der Waals surface area (Å²) in [5.74, 6) is -1.17. The fraction of sp³-hybridized carbons (Fsp3) is 0.250. The summed E-state index contributed by atoms with van der Waals surface area (Å²) in [7, 11) is 0. The molecule has 3 heteroatoms.